The van der Waals surface area contributed by atoms with Crippen molar-refractivity contribution in [3.63, 3.8) is 0 Å². The van der Waals surface area contributed by atoms with E-state index in [-0.39, 0.29) is 29.0 Å². The first-order chi connectivity index (χ1) is 19.8. The molecule has 0 radical (unpaired) electrons. The number of carbonyl (C=O) groups excluding carboxylic acids is 1. The molecule has 7 heteroatoms. The van der Waals surface area contributed by atoms with Crippen molar-refractivity contribution in [2.75, 3.05) is 39.3 Å². The van der Waals surface area contributed by atoms with Crippen LogP contribution >= 0.6 is 0 Å². The van der Waals surface area contributed by atoms with E-state index in [1.807, 2.05) is 6.08 Å². The summed E-state index contributed by atoms with van der Waals surface area (Å²) in [6.07, 6.45) is 7.53. The van der Waals surface area contributed by atoms with Gasteiger partial charge in [0.2, 0.25) is 11.4 Å². The van der Waals surface area contributed by atoms with Gasteiger partial charge in [-0.15, -0.1) is 6.58 Å². The molecule has 1 amide bonds. The normalized spacial score (nSPS) is 25.2. The number of carbonyl (C=O) groups is 1. The smallest absolute Gasteiger partial charge is 0.319 e. The fourth-order valence-corrected chi connectivity index (χ4v) is 7.44. The highest BCUT2D eigenvalue weighted by Crippen LogP contribution is 2.49. The molecule has 6 nitrogen and oxygen atoms in total. The summed E-state index contributed by atoms with van der Waals surface area (Å²) in [5.41, 5.74) is 4.98. The van der Waals surface area contributed by atoms with E-state index in [9.17, 15) is 14.3 Å². The molecular formula is C34H39FN4O2+2. The SMILES string of the molecule is C=Cc1ccc2c(c1)[N+](=C)CC21CCN(CC(O)C2CCN(C(=O)C3=Cc4c(F)cccc4[N+]3=C)CC2)CC1C=C. The zero-order chi connectivity index (χ0) is 28.9. The highest BCUT2D eigenvalue weighted by Gasteiger charge is 2.53. The van der Waals surface area contributed by atoms with Gasteiger partial charge in [-0.2, -0.15) is 4.58 Å². The number of hydrogen-bond donors (Lipinski definition) is 1. The molecule has 0 bridgehead atoms. The maximum Gasteiger partial charge on any atom is 0.319 e. The first kappa shape index (κ1) is 27.5. The van der Waals surface area contributed by atoms with E-state index in [4.69, 9.17) is 0 Å². The lowest BCUT2D eigenvalue weighted by molar-refractivity contribution is -0.431. The molecule has 1 spiro atoms. The third-order valence-corrected chi connectivity index (χ3v) is 9.86. The van der Waals surface area contributed by atoms with Crippen molar-refractivity contribution in [1.82, 2.24) is 9.80 Å². The molecule has 2 aromatic rings. The number of fused-ring (bicyclic) bond motifs is 3. The lowest BCUT2D eigenvalue weighted by Crippen LogP contribution is -2.53. The molecule has 0 saturated carbocycles. The second kappa shape index (κ2) is 10.6. The van der Waals surface area contributed by atoms with E-state index < -0.39 is 6.10 Å². The first-order valence-electron chi connectivity index (χ1n) is 14.5. The highest BCUT2D eigenvalue weighted by atomic mass is 19.1. The summed E-state index contributed by atoms with van der Waals surface area (Å²) in [6, 6.07) is 11.3. The van der Waals surface area contributed by atoms with Gasteiger partial charge in [0.05, 0.1) is 17.1 Å². The second-order valence-electron chi connectivity index (χ2n) is 12.0. The lowest BCUT2D eigenvalue weighted by atomic mass is 9.67. The van der Waals surface area contributed by atoms with Crippen LogP contribution in [-0.4, -0.2) is 88.8 Å². The van der Waals surface area contributed by atoms with Crippen LogP contribution in [0.25, 0.3) is 12.2 Å². The zero-order valence-corrected chi connectivity index (χ0v) is 23.6. The Bertz CT molecular complexity index is 1490. The number of β-amino-alcohol motifs (C(OH)–C–C–N with tert-alkyl or cyclic N) is 1. The maximum absolute atomic E-state index is 14.3. The molecule has 1 N–H and O–H groups in total. The Morgan fingerprint density at radius 1 is 1.15 bits per heavy atom. The number of amides is 1. The van der Waals surface area contributed by atoms with Gasteiger partial charge in [-0.25, -0.2) is 8.97 Å². The molecule has 3 atom stereocenters. The molecule has 212 valence electrons. The van der Waals surface area contributed by atoms with Gasteiger partial charge in [0.1, 0.15) is 19.3 Å². The summed E-state index contributed by atoms with van der Waals surface area (Å²) in [5, 5.41) is 11.3. The number of aliphatic hydroxyl groups is 1. The fourth-order valence-electron chi connectivity index (χ4n) is 7.44. The quantitative estimate of drug-likeness (QED) is 0.421. The summed E-state index contributed by atoms with van der Waals surface area (Å²) in [5.74, 6) is -0.122. The van der Waals surface area contributed by atoms with E-state index in [0.717, 1.165) is 44.5 Å². The highest BCUT2D eigenvalue weighted by molar-refractivity contribution is 5.98. The summed E-state index contributed by atoms with van der Waals surface area (Å²) in [7, 11) is 0. The van der Waals surface area contributed by atoms with Gasteiger partial charge in [0, 0.05) is 55.9 Å². The van der Waals surface area contributed by atoms with Crippen molar-refractivity contribution in [3.05, 3.63) is 83.8 Å². The minimum Gasteiger partial charge on any atom is -0.392 e. The van der Waals surface area contributed by atoms with E-state index in [1.54, 1.807) is 23.1 Å². The number of nitrogens with zero attached hydrogens (tertiary/aromatic N) is 4. The number of hydrogen-bond acceptors (Lipinski definition) is 3. The van der Waals surface area contributed by atoms with Crippen molar-refractivity contribution < 1.29 is 23.4 Å². The molecule has 4 heterocycles. The fraction of sp³-hybridized carbons (Fsp3) is 0.382. The van der Waals surface area contributed by atoms with Crippen LogP contribution in [0.3, 0.4) is 0 Å². The second-order valence-corrected chi connectivity index (χ2v) is 12.0. The predicted molar refractivity (Wildman–Crippen MR) is 162 cm³/mol. The van der Waals surface area contributed by atoms with E-state index in [0.29, 0.717) is 36.6 Å². The van der Waals surface area contributed by atoms with Gasteiger partial charge in [-0.1, -0.05) is 36.9 Å². The Hall–Kier alpha value is -3.68. The first-order valence-corrected chi connectivity index (χ1v) is 14.5. The zero-order valence-electron chi connectivity index (χ0n) is 23.6. The number of rotatable bonds is 6. The molecule has 4 aliphatic rings. The molecule has 2 aromatic carbocycles. The molecule has 3 unspecified atom stereocenters. The van der Waals surface area contributed by atoms with Crippen molar-refractivity contribution in [1.29, 1.82) is 0 Å². The average molecular weight is 555 g/mol. The Balaban J connectivity index is 1.06. The van der Waals surface area contributed by atoms with Gasteiger partial charge in [0.15, 0.2) is 6.54 Å². The summed E-state index contributed by atoms with van der Waals surface area (Å²) >= 11 is 0. The molecule has 0 aromatic heterocycles. The largest absolute Gasteiger partial charge is 0.392 e. The topological polar surface area (TPSA) is 49.8 Å². The number of piperidine rings is 2. The van der Waals surface area contributed by atoms with E-state index in [2.05, 4.69) is 60.3 Å². The van der Waals surface area contributed by atoms with Crippen LogP contribution in [0.5, 0.6) is 0 Å². The maximum atomic E-state index is 14.3. The number of benzene rings is 2. The van der Waals surface area contributed by atoms with Crippen LogP contribution in [0.2, 0.25) is 0 Å². The van der Waals surface area contributed by atoms with Crippen LogP contribution in [0.15, 0.2) is 61.3 Å². The van der Waals surface area contributed by atoms with Gasteiger partial charge in [0.25, 0.3) is 5.70 Å². The standard InChI is InChI=1S/C34H39FN4O2/c1-5-23-10-11-27-30(18-23)36(3)22-34(27)14-17-38(20-25(34)6-2)21-32(40)24-12-15-39(16-13-24)33(41)31-19-26-28(35)8-7-9-29(26)37(31)4/h5-11,18-19,24-25,32,40H,1-4,12-17,20-22H2/q+2. The Morgan fingerprint density at radius 3 is 2.63 bits per heavy atom. The third kappa shape index (κ3) is 4.61. The molecule has 41 heavy (non-hydrogen) atoms. The Morgan fingerprint density at radius 2 is 1.93 bits per heavy atom. The van der Waals surface area contributed by atoms with Gasteiger partial charge >= 0.3 is 5.91 Å². The molecule has 4 aliphatic heterocycles. The van der Waals surface area contributed by atoms with Crippen LogP contribution in [0.1, 0.15) is 36.0 Å². The van der Waals surface area contributed by atoms with Crippen molar-refractivity contribution in [2.24, 2.45) is 11.8 Å². The van der Waals surface area contributed by atoms with Crippen LogP contribution in [-0.2, 0) is 10.2 Å². The molecular weight excluding hydrogens is 515 g/mol. The molecule has 0 aliphatic carbocycles. The molecule has 2 saturated heterocycles. The van der Waals surface area contributed by atoms with E-state index in [1.165, 1.54) is 21.9 Å². The lowest BCUT2D eigenvalue weighted by Gasteiger charge is -2.44. The van der Waals surface area contributed by atoms with Crippen LogP contribution < -0.4 is 0 Å². The Kier molecular flexibility index (Phi) is 7.12. The number of aliphatic hydroxyl groups excluding tert-OH is 1. The van der Waals surface area contributed by atoms with Crippen molar-refractivity contribution in [2.45, 2.75) is 30.8 Å². The third-order valence-electron chi connectivity index (χ3n) is 9.86. The Labute approximate surface area is 241 Å². The number of halogens is 1. The predicted octanol–water partition coefficient (Wildman–Crippen LogP) is 4.57. The van der Waals surface area contributed by atoms with Gasteiger partial charge < -0.3 is 14.9 Å². The minimum absolute atomic E-state index is 0.0226. The minimum atomic E-state index is -0.462. The van der Waals surface area contributed by atoms with Crippen LogP contribution in [0, 0.1) is 17.7 Å². The number of likely N-dealkylation sites (tertiary alicyclic amines) is 2. The van der Waals surface area contributed by atoms with Crippen LogP contribution in [0.4, 0.5) is 15.8 Å². The van der Waals surface area contributed by atoms with Crippen molar-refractivity contribution in [3.8, 4) is 0 Å². The van der Waals surface area contributed by atoms with Gasteiger partial charge in [-0.3, -0.25) is 4.79 Å². The monoisotopic (exact) mass is 554 g/mol. The molecule has 6 rings (SSSR count). The average Bonchev–Trinajstić information content (AvgIpc) is 3.48. The summed E-state index contributed by atoms with van der Waals surface area (Å²) < 4.78 is 17.9. The molecule has 2 fully saturated rings. The van der Waals surface area contributed by atoms with Crippen molar-refractivity contribution >= 4 is 42.9 Å². The summed E-state index contributed by atoms with van der Waals surface area (Å²) in [6.45, 7) is 20.8. The van der Waals surface area contributed by atoms with E-state index >= 15 is 0 Å². The summed E-state index contributed by atoms with van der Waals surface area (Å²) in [4.78, 5) is 17.5. The van der Waals surface area contributed by atoms with Gasteiger partial charge in [-0.05, 0) is 43.4 Å².